The average molecular weight is 323 g/mol. The quantitative estimate of drug-likeness (QED) is 0.493. The van der Waals surface area contributed by atoms with Gasteiger partial charge in [-0.2, -0.15) is 0 Å². The zero-order chi connectivity index (χ0) is 14.2. The van der Waals surface area contributed by atoms with Gasteiger partial charge in [0.2, 0.25) is 0 Å². The first-order valence-corrected chi connectivity index (χ1v) is 6.33. The Hall–Kier alpha value is -1.95. The second kappa shape index (κ2) is 4.97. The summed E-state index contributed by atoms with van der Waals surface area (Å²) in [6.45, 7) is 3.72. The van der Waals surface area contributed by atoms with Crippen LogP contribution in [0.15, 0.2) is 28.7 Å². The van der Waals surface area contributed by atoms with Crippen LogP contribution in [0.4, 0.5) is 5.69 Å². The van der Waals surface area contributed by atoms with Crippen LogP contribution in [0.1, 0.15) is 21.7 Å². The van der Waals surface area contributed by atoms with Crippen LogP contribution in [0.5, 0.6) is 0 Å². The Labute approximate surface area is 118 Å². The Morgan fingerprint density at radius 3 is 2.47 bits per heavy atom. The SMILES string of the molecule is Cc1cc(C=O)c(C)n1-c1ccc([N+](=O)[O-])cc1Br. The van der Waals surface area contributed by atoms with E-state index >= 15 is 0 Å². The summed E-state index contributed by atoms with van der Waals surface area (Å²) in [6, 6.07) is 6.35. The lowest BCUT2D eigenvalue weighted by atomic mass is 10.2. The Kier molecular flexibility index (Phi) is 3.53. The molecule has 0 atom stereocenters. The second-order valence-corrected chi connectivity index (χ2v) is 5.03. The monoisotopic (exact) mass is 322 g/mol. The maximum Gasteiger partial charge on any atom is 0.270 e. The molecule has 1 aromatic carbocycles. The zero-order valence-corrected chi connectivity index (χ0v) is 12.0. The number of carbonyl (C=O) groups excluding carboxylic acids is 1. The molecule has 0 unspecified atom stereocenters. The van der Waals surface area contributed by atoms with E-state index < -0.39 is 4.92 Å². The number of halogens is 1. The Morgan fingerprint density at radius 2 is 2.00 bits per heavy atom. The molecule has 0 spiro atoms. The smallest absolute Gasteiger partial charge is 0.270 e. The summed E-state index contributed by atoms with van der Waals surface area (Å²) in [5, 5.41) is 10.7. The molecular weight excluding hydrogens is 312 g/mol. The first-order valence-electron chi connectivity index (χ1n) is 5.54. The summed E-state index contributed by atoms with van der Waals surface area (Å²) >= 11 is 3.34. The number of aryl methyl sites for hydroxylation is 1. The number of nitro groups is 1. The van der Waals surface area contributed by atoms with E-state index in [1.807, 2.05) is 18.4 Å². The molecule has 19 heavy (non-hydrogen) atoms. The van der Waals surface area contributed by atoms with E-state index in [2.05, 4.69) is 15.9 Å². The molecule has 0 amide bonds. The fourth-order valence-electron chi connectivity index (χ4n) is 2.07. The van der Waals surface area contributed by atoms with E-state index in [1.165, 1.54) is 12.1 Å². The lowest BCUT2D eigenvalue weighted by molar-refractivity contribution is -0.384. The van der Waals surface area contributed by atoms with Crippen LogP contribution in [-0.4, -0.2) is 15.8 Å². The van der Waals surface area contributed by atoms with Gasteiger partial charge >= 0.3 is 0 Å². The maximum atomic E-state index is 10.9. The fraction of sp³-hybridized carbons (Fsp3) is 0.154. The minimum atomic E-state index is -0.444. The first-order chi connectivity index (χ1) is 8.95. The van der Waals surface area contributed by atoms with Gasteiger partial charge in [0, 0.05) is 33.6 Å². The van der Waals surface area contributed by atoms with Crippen molar-refractivity contribution in [3.05, 3.63) is 55.8 Å². The topological polar surface area (TPSA) is 65.1 Å². The summed E-state index contributed by atoms with van der Waals surface area (Å²) < 4.78 is 2.50. The molecule has 0 aliphatic rings. The number of aromatic nitrogens is 1. The predicted octanol–water partition coefficient (Wildman–Crippen LogP) is 3.58. The van der Waals surface area contributed by atoms with Crippen LogP contribution >= 0.6 is 15.9 Å². The van der Waals surface area contributed by atoms with Crippen LogP contribution in [0.2, 0.25) is 0 Å². The van der Waals surface area contributed by atoms with Crippen molar-refractivity contribution in [1.29, 1.82) is 0 Å². The standard InChI is InChI=1S/C13H11BrN2O3/c1-8-5-10(7-17)9(2)15(8)13-4-3-11(16(18)19)6-12(13)14/h3-7H,1-2H3. The molecular formula is C13H11BrN2O3. The number of benzene rings is 1. The summed E-state index contributed by atoms with van der Waals surface area (Å²) in [5.41, 5.74) is 3.11. The third-order valence-corrected chi connectivity index (χ3v) is 3.62. The lowest BCUT2D eigenvalue weighted by Crippen LogP contribution is -2.01. The molecule has 0 aliphatic carbocycles. The van der Waals surface area contributed by atoms with E-state index in [4.69, 9.17) is 0 Å². The fourth-order valence-corrected chi connectivity index (χ4v) is 2.61. The Bertz CT molecular complexity index is 677. The van der Waals surface area contributed by atoms with E-state index in [0.717, 1.165) is 23.4 Å². The van der Waals surface area contributed by atoms with Gasteiger partial charge in [-0.3, -0.25) is 14.9 Å². The van der Waals surface area contributed by atoms with Crippen molar-refractivity contribution in [2.24, 2.45) is 0 Å². The molecule has 6 heteroatoms. The number of hydrogen-bond acceptors (Lipinski definition) is 3. The second-order valence-electron chi connectivity index (χ2n) is 4.17. The van der Waals surface area contributed by atoms with Gasteiger partial charge in [-0.15, -0.1) is 0 Å². The van der Waals surface area contributed by atoms with Crippen molar-refractivity contribution in [1.82, 2.24) is 4.57 Å². The molecule has 2 rings (SSSR count). The van der Waals surface area contributed by atoms with Crippen LogP contribution in [0.25, 0.3) is 5.69 Å². The van der Waals surface area contributed by atoms with Gasteiger partial charge in [-0.25, -0.2) is 0 Å². The lowest BCUT2D eigenvalue weighted by Gasteiger charge is -2.11. The highest BCUT2D eigenvalue weighted by molar-refractivity contribution is 9.10. The Balaban J connectivity index is 2.63. The van der Waals surface area contributed by atoms with Gasteiger partial charge in [-0.05, 0) is 41.9 Å². The highest BCUT2D eigenvalue weighted by Gasteiger charge is 2.15. The molecule has 0 saturated heterocycles. The third kappa shape index (κ3) is 2.31. The number of nitro benzene ring substituents is 1. The van der Waals surface area contributed by atoms with Crippen molar-refractivity contribution >= 4 is 27.9 Å². The van der Waals surface area contributed by atoms with Crippen molar-refractivity contribution in [2.75, 3.05) is 0 Å². The molecule has 2 aromatic rings. The molecule has 0 saturated carbocycles. The first kappa shape index (κ1) is 13.5. The number of rotatable bonds is 3. The summed E-state index contributed by atoms with van der Waals surface area (Å²) in [7, 11) is 0. The number of aldehydes is 1. The normalized spacial score (nSPS) is 10.5. The summed E-state index contributed by atoms with van der Waals surface area (Å²) in [5.74, 6) is 0. The summed E-state index contributed by atoms with van der Waals surface area (Å²) in [6.07, 6.45) is 0.804. The van der Waals surface area contributed by atoms with Crippen molar-refractivity contribution in [3.8, 4) is 5.69 Å². The molecule has 0 N–H and O–H groups in total. The minimum absolute atomic E-state index is 0.0219. The number of nitrogens with zero attached hydrogens (tertiary/aromatic N) is 2. The van der Waals surface area contributed by atoms with E-state index in [1.54, 1.807) is 12.1 Å². The van der Waals surface area contributed by atoms with Gasteiger partial charge in [0.1, 0.15) is 0 Å². The molecule has 1 aromatic heterocycles. The molecule has 5 nitrogen and oxygen atoms in total. The van der Waals surface area contributed by atoms with Gasteiger partial charge in [0.25, 0.3) is 5.69 Å². The summed E-state index contributed by atoms with van der Waals surface area (Å²) in [4.78, 5) is 21.2. The van der Waals surface area contributed by atoms with E-state index in [-0.39, 0.29) is 5.69 Å². The van der Waals surface area contributed by atoms with Gasteiger partial charge in [0.05, 0.1) is 10.6 Å². The molecule has 0 radical (unpaired) electrons. The van der Waals surface area contributed by atoms with Gasteiger partial charge in [0.15, 0.2) is 6.29 Å². The molecule has 98 valence electrons. The predicted molar refractivity (Wildman–Crippen MR) is 75.0 cm³/mol. The van der Waals surface area contributed by atoms with Crippen molar-refractivity contribution in [3.63, 3.8) is 0 Å². The highest BCUT2D eigenvalue weighted by atomic mass is 79.9. The molecule has 0 bridgehead atoms. The minimum Gasteiger partial charge on any atom is -0.317 e. The number of non-ortho nitro benzene ring substituents is 1. The number of hydrogen-bond donors (Lipinski definition) is 0. The number of carbonyl (C=O) groups is 1. The van der Waals surface area contributed by atoms with Crippen molar-refractivity contribution < 1.29 is 9.72 Å². The van der Waals surface area contributed by atoms with Crippen LogP contribution in [-0.2, 0) is 0 Å². The molecule has 0 fully saturated rings. The maximum absolute atomic E-state index is 10.9. The van der Waals surface area contributed by atoms with Gasteiger partial charge < -0.3 is 4.57 Å². The van der Waals surface area contributed by atoms with Crippen molar-refractivity contribution in [2.45, 2.75) is 13.8 Å². The third-order valence-electron chi connectivity index (χ3n) is 2.98. The van der Waals surface area contributed by atoms with Crippen LogP contribution in [0.3, 0.4) is 0 Å². The highest BCUT2D eigenvalue weighted by Crippen LogP contribution is 2.29. The molecule has 0 aliphatic heterocycles. The van der Waals surface area contributed by atoms with E-state index in [0.29, 0.717) is 10.0 Å². The van der Waals surface area contributed by atoms with E-state index in [9.17, 15) is 14.9 Å². The van der Waals surface area contributed by atoms with Gasteiger partial charge in [-0.1, -0.05) is 0 Å². The largest absolute Gasteiger partial charge is 0.317 e. The Morgan fingerprint density at radius 1 is 1.32 bits per heavy atom. The van der Waals surface area contributed by atoms with Crippen LogP contribution in [0, 0.1) is 24.0 Å². The zero-order valence-electron chi connectivity index (χ0n) is 10.4. The average Bonchev–Trinajstić information content (AvgIpc) is 2.64. The molecule has 1 heterocycles. The van der Waals surface area contributed by atoms with Crippen LogP contribution < -0.4 is 0 Å².